The van der Waals surface area contributed by atoms with E-state index in [1.54, 1.807) is 6.92 Å². The maximum atomic E-state index is 11.4. The number of Topliss-reactive ketones (excluding diaryl/α,β-unsaturated/α-hetero) is 1. The van der Waals surface area contributed by atoms with E-state index in [1.165, 1.54) is 0 Å². The molecular formula is C8H14O4S. The predicted molar refractivity (Wildman–Crippen MR) is 48.3 cm³/mol. The molecule has 1 atom stereocenters. The van der Waals surface area contributed by atoms with Gasteiger partial charge in [-0.15, -0.1) is 0 Å². The molecule has 0 bridgehead atoms. The molecule has 13 heavy (non-hydrogen) atoms. The topological polar surface area (TPSA) is 60.4 Å². The third-order valence-electron chi connectivity index (χ3n) is 2.19. The highest BCUT2D eigenvalue weighted by molar-refractivity contribution is 7.92. The summed E-state index contributed by atoms with van der Waals surface area (Å²) >= 11 is 0. The van der Waals surface area contributed by atoms with Crippen LogP contribution in [0.1, 0.15) is 13.3 Å². The van der Waals surface area contributed by atoms with Crippen LogP contribution in [0.5, 0.6) is 0 Å². The molecule has 0 aliphatic carbocycles. The van der Waals surface area contributed by atoms with Crippen molar-refractivity contribution in [1.82, 2.24) is 0 Å². The highest BCUT2D eigenvalue weighted by atomic mass is 32.2. The fourth-order valence-corrected chi connectivity index (χ4v) is 2.10. The molecule has 0 aromatic carbocycles. The van der Waals surface area contributed by atoms with Gasteiger partial charge in [-0.2, -0.15) is 0 Å². The number of hydrogen-bond acceptors (Lipinski definition) is 4. The van der Waals surface area contributed by atoms with Gasteiger partial charge < -0.3 is 4.74 Å². The van der Waals surface area contributed by atoms with Crippen LogP contribution in [0.15, 0.2) is 0 Å². The minimum atomic E-state index is -3.16. The van der Waals surface area contributed by atoms with Gasteiger partial charge in [0.25, 0.3) is 0 Å². The molecule has 4 nitrogen and oxygen atoms in total. The number of carbonyl (C=O) groups excluding carboxylic acids is 1. The first-order valence-electron chi connectivity index (χ1n) is 4.36. The van der Waals surface area contributed by atoms with E-state index in [4.69, 9.17) is 4.74 Å². The molecule has 1 fully saturated rings. The Morgan fingerprint density at radius 2 is 2.23 bits per heavy atom. The zero-order valence-electron chi connectivity index (χ0n) is 7.65. The fraction of sp³-hybridized carbons (Fsp3) is 0.875. The molecule has 1 saturated heterocycles. The van der Waals surface area contributed by atoms with Gasteiger partial charge in [-0.25, -0.2) is 8.42 Å². The van der Waals surface area contributed by atoms with Crippen molar-refractivity contribution in [2.45, 2.75) is 13.3 Å². The summed E-state index contributed by atoms with van der Waals surface area (Å²) in [5, 5.41) is 0. The van der Waals surface area contributed by atoms with Gasteiger partial charge in [0.05, 0.1) is 6.61 Å². The Bertz CT molecular complexity index is 275. The molecule has 5 heteroatoms. The maximum absolute atomic E-state index is 11.4. The molecule has 0 aromatic rings. The lowest BCUT2D eigenvalue weighted by atomic mass is 10.1. The Balaban J connectivity index is 2.49. The minimum absolute atomic E-state index is 0.0340. The Hall–Kier alpha value is -0.420. The Labute approximate surface area is 78.2 Å². The Morgan fingerprint density at radius 1 is 1.54 bits per heavy atom. The summed E-state index contributed by atoms with van der Waals surface area (Å²) < 4.78 is 27.2. The van der Waals surface area contributed by atoms with Crippen LogP contribution in [-0.2, 0) is 19.4 Å². The van der Waals surface area contributed by atoms with E-state index < -0.39 is 9.84 Å². The number of ketones is 1. The Morgan fingerprint density at radius 3 is 2.69 bits per heavy atom. The van der Waals surface area contributed by atoms with E-state index in [1.807, 2.05) is 0 Å². The van der Waals surface area contributed by atoms with Crippen LogP contribution in [0.25, 0.3) is 0 Å². The molecule has 1 aliphatic rings. The molecule has 0 radical (unpaired) electrons. The normalized spacial score (nSPS) is 23.3. The van der Waals surface area contributed by atoms with Crippen LogP contribution in [0.4, 0.5) is 0 Å². The van der Waals surface area contributed by atoms with Crippen LogP contribution >= 0.6 is 0 Å². The number of hydrogen-bond donors (Lipinski definition) is 0. The number of sulfone groups is 1. The predicted octanol–water partition coefficient (Wildman–Crippen LogP) is 0.0267. The highest BCUT2D eigenvalue weighted by Crippen LogP contribution is 2.14. The quantitative estimate of drug-likeness (QED) is 0.651. The molecule has 1 unspecified atom stereocenters. The summed E-state index contributed by atoms with van der Waals surface area (Å²) in [4.78, 5) is 11.4. The van der Waals surface area contributed by atoms with Gasteiger partial charge in [0.15, 0.2) is 15.6 Å². The van der Waals surface area contributed by atoms with E-state index >= 15 is 0 Å². The minimum Gasteiger partial charge on any atom is -0.381 e. The van der Waals surface area contributed by atoms with Crippen LogP contribution in [0.2, 0.25) is 0 Å². The van der Waals surface area contributed by atoms with Crippen molar-refractivity contribution in [3.8, 4) is 0 Å². The second-order valence-corrected chi connectivity index (χ2v) is 5.56. The molecule has 1 aliphatic heterocycles. The summed E-state index contributed by atoms with van der Waals surface area (Å²) in [6.07, 6.45) is 0.665. The zero-order valence-corrected chi connectivity index (χ0v) is 8.47. The van der Waals surface area contributed by atoms with Gasteiger partial charge >= 0.3 is 0 Å². The number of carbonyl (C=O) groups is 1. The number of ether oxygens (including phenoxy) is 1. The lowest BCUT2D eigenvalue weighted by Gasteiger charge is -2.05. The van der Waals surface area contributed by atoms with Crippen molar-refractivity contribution < 1.29 is 17.9 Å². The van der Waals surface area contributed by atoms with E-state index in [-0.39, 0.29) is 23.2 Å². The van der Waals surface area contributed by atoms with Crippen molar-refractivity contribution >= 4 is 15.6 Å². The van der Waals surface area contributed by atoms with Crippen LogP contribution in [-0.4, -0.2) is 38.9 Å². The molecule has 0 spiro atoms. The molecule has 0 N–H and O–H groups in total. The highest BCUT2D eigenvalue weighted by Gasteiger charge is 2.26. The summed E-state index contributed by atoms with van der Waals surface area (Å²) in [6.45, 7) is 2.51. The van der Waals surface area contributed by atoms with Crippen LogP contribution < -0.4 is 0 Å². The maximum Gasteiger partial charge on any atom is 0.157 e. The van der Waals surface area contributed by atoms with Gasteiger partial charge in [0.2, 0.25) is 0 Å². The van der Waals surface area contributed by atoms with Crippen molar-refractivity contribution in [2.75, 3.05) is 24.7 Å². The van der Waals surface area contributed by atoms with Crippen molar-refractivity contribution in [1.29, 1.82) is 0 Å². The van der Waals surface area contributed by atoms with Crippen LogP contribution in [0, 0.1) is 5.92 Å². The first kappa shape index (κ1) is 10.7. The molecular weight excluding hydrogens is 192 g/mol. The molecule has 1 rings (SSSR count). The molecule has 0 saturated carbocycles. The lowest BCUT2D eigenvalue weighted by Crippen LogP contribution is -2.24. The van der Waals surface area contributed by atoms with E-state index in [2.05, 4.69) is 0 Å². The number of rotatable bonds is 4. The van der Waals surface area contributed by atoms with Crippen molar-refractivity contribution in [2.24, 2.45) is 5.92 Å². The average molecular weight is 206 g/mol. The molecule has 0 aromatic heterocycles. The van der Waals surface area contributed by atoms with Crippen molar-refractivity contribution in [3.05, 3.63) is 0 Å². The second kappa shape index (κ2) is 4.19. The van der Waals surface area contributed by atoms with Gasteiger partial charge in [-0.05, 0) is 6.42 Å². The van der Waals surface area contributed by atoms with Gasteiger partial charge in [-0.1, -0.05) is 6.92 Å². The summed E-state index contributed by atoms with van der Waals surface area (Å²) in [5.41, 5.74) is 0. The monoisotopic (exact) mass is 206 g/mol. The van der Waals surface area contributed by atoms with E-state index in [0.717, 1.165) is 0 Å². The molecule has 76 valence electrons. The average Bonchev–Trinajstić information content (AvgIpc) is 2.55. The first-order valence-corrected chi connectivity index (χ1v) is 6.18. The summed E-state index contributed by atoms with van der Waals surface area (Å²) in [5.74, 6) is -0.676. The van der Waals surface area contributed by atoms with Crippen molar-refractivity contribution in [3.63, 3.8) is 0 Å². The molecule has 0 amide bonds. The first-order chi connectivity index (χ1) is 6.05. The van der Waals surface area contributed by atoms with E-state index in [0.29, 0.717) is 19.6 Å². The van der Waals surface area contributed by atoms with Gasteiger partial charge in [0, 0.05) is 18.3 Å². The smallest absolute Gasteiger partial charge is 0.157 e. The second-order valence-electron chi connectivity index (χ2n) is 3.20. The largest absolute Gasteiger partial charge is 0.381 e. The summed E-state index contributed by atoms with van der Waals surface area (Å²) in [6, 6.07) is 0. The Kier molecular flexibility index (Phi) is 3.44. The third-order valence-corrected chi connectivity index (χ3v) is 3.79. The SMILES string of the molecule is CCS(=O)(=O)CC(=O)C1CCOC1. The molecule has 1 heterocycles. The van der Waals surface area contributed by atoms with E-state index in [9.17, 15) is 13.2 Å². The standard InChI is InChI=1S/C8H14O4S/c1-2-13(10,11)6-8(9)7-3-4-12-5-7/h7H,2-6H2,1H3. The lowest BCUT2D eigenvalue weighted by molar-refractivity contribution is -0.120. The van der Waals surface area contributed by atoms with Crippen LogP contribution in [0.3, 0.4) is 0 Å². The van der Waals surface area contributed by atoms with Gasteiger partial charge in [-0.3, -0.25) is 4.79 Å². The third kappa shape index (κ3) is 3.08. The summed E-state index contributed by atoms with van der Waals surface area (Å²) in [7, 11) is -3.16. The van der Waals surface area contributed by atoms with Gasteiger partial charge in [0.1, 0.15) is 5.75 Å². The zero-order chi connectivity index (χ0) is 9.90. The fourth-order valence-electron chi connectivity index (χ4n) is 1.23.